The Morgan fingerprint density at radius 1 is 1.30 bits per heavy atom. The molecule has 0 radical (unpaired) electrons. The summed E-state index contributed by atoms with van der Waals surface area (Å²) < 4.78 is 0. The number of unbranched alkanes of at least 4 members (excludes halogenated alkanes) is 1. The van der Waals surface area contributed by atoms with E-state index in [2.05, 4.69) is 19.2 Å². The van der Waals surface area contributed by atoms with Crippen LogP contribution in [0.25, 0.3) is 0 Å². The monoisotopic (exact) mass is 282 g/mol. The number of hydrogen-bond acceptors (Lipinski definition) is 2. The molecule has 2 atom stereocenters. The van der Waals surface area contributed by atoms with Crippen LogP contribution in [0.3, 0.4) is 0 Å². The van der Waals surface area contributed by atoms with Crippen LogP contribution in [0.1, 0.15) is 66.2 Å². The van der Waals surface area contributed by atoms with Gasteiger partial charge in [0, 0.05) is 19.5 Å². The van der Waals surface area contributed by atoms with Gasteiger partial charge in [-0.3, -0.25) is 9.59 Å². The molecule has 0 saturated carbocycles. The molecule has 1 heterocycles. The molecule has 0 aromatic heterocycles. The minimum Gasteiger partial charge on any atom is -0.342 e. The molecule has 20 heavy (non-hydrogen) atoms. The molecule has 0 aromatic rings. The van der Waals surface area contributed by atoms with Gasteiger partial charge in [-0.05, 0) is 25.7 Å². The number of carbonyl (C=O) groups is 2. The highest BCUT2D eigenvalue weighted by Crippen LogP contribution is 2.21. The average molecular weight is 282 g/mol. The van der Waals surface area contributed by atoms with Gasteiger partial charge in [-0.15, -0.1) is 0 Å². The van der Waals surface area contributed by atoms with Crippen LogP contribution in [0.15, 0.2) is 0 Å². The smallest absolute Gasteiger partial charge is 0.248 e. The van der Waals surface area contributed by atoms with E-state index in [0.717, 1.165) is 13.0 Å². The van der Waals surface area contributed by atoms with Gasteiger partial charge in [-0.1, -0.05) is 40.0 Å². The zero-order valence-electron chi connectivity index (χ0n) is 13.5. The highest BCUT2D eigenvalue weighted by molar-refractivity contribution is 5.93. The van der Waals surface area contributed by atoms with Crippen LogP contribution in [0, 0.1) is 5.92 Å². The highest BCUT2D eigenvalue weighted by Gasteiger charge is 2.39. The normalized spacial score (nSPS) is 25.3. The summed E-state index contributed by atoms with van der Waals surface area (Å²) in [6, 6.07) is 0. The largest absolute Gasteiger partial charge is 0.342 e. The first kappa shape index (κ1) is 17.0. The second-order valence-corrected chi connectivity index (χ2v) is 6.15. The maximum absolute atomic E-state index is 12.7. The first-order chi connectivity index (χ1) is 9.46. The van der Waals surface area contributed by atoms with E-state index in [0.29, 0.717) is 25.3 Å². The Hall–Kier alpha value is -1.06. The first-order valence-corrected chi connectivity index (χ1v) is 8.07. The lowest BCUT2D eigenvalue weighted by molar-refractivity contribution is -0.138. The van der Waals surface area contributed by atoms with Crippen molar-refractivity contribution in [3.05, 3.63) is 0 Å². The SMILES string of the molecule is CCCCC(CC)CN1CCC(=O)NC(C)(CC)C1=O. The van der Waals surface area contributed by atoms with Gasteiger partial charge < -0.3 is 10.2 Å². The number of rotatable bonds is 7. The Kier molecular flexibility index (Phi) is 6.50. The van der Waals surface area contributed by atoms with Crippen LogP contribution < -0.4 is 5.32 Å². The summed E-state index contributed by atoms with van der Waals surface area (Å²) in [5.74, 6) is 0.626. The highest BCUT2D eigenvalue weighted by atomic mass is 16.2. The number of nitrogens with one attached hydrogen (secondary N) is 1. The molecule has 1 aliphatic heterocycles. The van der Waals surface area contributed by atoms with Crippen LogP contribution in [-0.4, -0.2) is 35.3 Å². The third kappa shape index (κ3) is 4.22. The van der Waals surface area contributed by atoms with E-state index >= 15 is 0 Å². The molecule has 1 fully saturated rings. The van der Waals surface area contributed by atoms with Crippen molar-refractivity contribution in [3.63, 3.8) is 0 Å². The van der Waals surface area contributed by atoms with Crippen LogP contribution in [0.5, 0.6) is 0 Å². The van der Waals surface area contributed by atoms with E-state index in [-0.39, 0.29) is 11.8 Å². The van der Waals surface area contributed by atoms with Crippen LogP contribution in [0.4, 0.5) is 0 Å². The van der Waals surface area contributed by atoms with Crippen molar-refractivity contribution in [2.24, 2.45) is 5.92 Å². The molecule has 1 saturated heterocycles. The second-order valence-electron chi connectivity index (χ2n) is 6.15. The minimum absolute atomic E-state index is 0.00759. The Balaban J connectivity index is 2.76. The molecule has 0 aliphatic carbocycles. The molecule has 1 N–H and O–H groups in total. The second kappa shape index (κ2) is 7.65. The number of carbonyl (C=O) groups excluding carboxylic acids is 2. The zero-order valence-corrected chi connectivity index (χ0v) is 13.5. The van der Waals surface area contributed by atoms with Crippen molar-refractivity contribution in [2.75, 3.05) is 13.1 Å². The molecular formula is C16H30N2O2. The van der Waals surface area contributed by atoms with Crippen molar-refractivity contribution >= 4 is 11.8 Å². The third-order valence-electron chi connectivity index (χ3n) is 4.51. The van der Waals surface area contributed by atoms with Gasteiger partial charge in [0.25, 0.3) is 0 Å². The van der Waals surface area contributed by atoms with Crippen LogP contribution >= 0.6 is 0 Å². The lowest BCUT2D eigenvalue weighted by atomic mass is 9.95. The summed E-state index contributed by atoms with van der Waals surface area (Å²) in [5.41, 5.74) is -0.726. The standard InChI is InChI=1S/C16H30N2O2/c1-5-8-9-13(6-2)12-18-11-10-14(19)17-16(4,7-3)15(18)20/h13H,5-12H2,1-4H3,(H,17,19). The summed E-state index contributed by atoms with van der Waals surface area (Å²) >= 11 is 0. The fourth-order valence-electron chi connectivity index (χ4n) is 2.75. The van der Waals surface area contributed by atoms with Crippen molar-refractivity contribution in [3.8, 4) is 0 Å². The Bertz CT molecular complexity index is 343. The molecule has 116 valence electrons. The maximum atomic E-state index is 12.7. The predicted molar refractivity (Wildman–Crippen MR) is 81.3 cm³/mol. The lowest BCUT2D eigenvalue weighted by Crippen LogP contribution is -2.55. The minimum atomic E-state index is -0.726. The molecule has 2 unspecified atom stereocenters. The Morgan fingerprint density at radius 3 is 2.55 bits per heavy atom. The summed E-state index contributed by atoms with van der Waals surface area (Å²) in [5, 5.41) is 2.89. The van der Waals surface area contributed by atoms with E-state index in [1.807, 2.05) is 18.7 Å². The average Bonchev–Trinajstić information content (AvgIpc) is 2.55. The number of nitrogens with zero attached hydrogens (tertiary/aromatic N) is 1. The van der Waals surface area contributed by atoms with E-state index in [1.165, 1.54) is 19.3 Å². The van der Waals surface area contributed by atoms with Crippen molar-refractivity contribution in [2.45, 2.75) is 71.8 Å². The lowest BCUT2D eigenvalue weighted by Gasteiger charge is -2.33. The summed E-state index contributed by atoms with van der Waals surface area (Å²) in [6.45, 7) is 9.53. The van der Waals surface area contributed by atoms with Gasteiger partial charge in [-0.2, -0.15) is 0 Å². The molecule has 1 rings (SSSR count). The summed E-state index contributed by atoms with van der Waals surface area (Å²) in [4.78, 5) is 26.4. The van der Waals surface area contributed by atoms with Gasteiger partial charge in [0.15, 0.2) is 0 Å². The van der Waals surface area contributed by atoms with E-state index in [4.69, 9.17) is 0 Å². The van der Waals surface area contributed by atoms with E-state index in [9.17, 15) is 9.59 Å². The van der Waals surface area contributed by atoms with Gasteiger partial charge >= 0.3 is 0 Å². The molecule has 0 aromatic carbocycles. The molecule has 0 bridgehead atoms. The van der Waals surface area contributed by atoms with Gasteiger partial charge in [0.05, 0.1) is 0 Å². The van der Waals surface area contributed by atoms with Crippen molar-refractivity contribution < 1.29 is 9.59 Å². The van der Waals surface area contributed by atoms with E-state index in [1.54, 1.807) is 0 Å². The van der Waals surface area contributed by atoms with Gasteiger partial charge in [-0.25, -0.2) is 0 Å². The van der Waals surface area contributed by atoms with Gasteiger partial charge in [0.2, 0.25) is 11.8 Å². The number of amides is 2. The first-order valence-electron chi connectivity index (χ1n) is 8.07. The molecule has 1 aliphatic rings. The Morgan fingerprint density at radius 2 is 2.00 bits per heavy atom. The summed E-state index contributed by atoms with van der Waals surface area (Å²) in [6.07, 6.45) is 5.72. The predicted octanol–water partition coefficient (Wildman–Crippen LogP) is 2.72. The van der Waals surface area contributed by atoms with Gasteiger partial charge in [0.1, 0.15) is 5.54 Å². The third-order valence-corrected chi connectivity index (χ3v) is 4.51. The number of hydrogen-bond donors (Lipinski definition) is 1. The van der Waals surface area contributed by atoms with Crippen LogP contribution in [-0.2, 0) is 9.59 Å². The Labute approximate surface area is 123 Å². The molecule has 4 nitrogen and oxygen atoms in total. The zero-order chi connectivity index (χ0) is 15.2. The fourth-order valence-corrected chi connectivity index (χ4v) is 2.75. The van der Waals surface area contributed by atoms with Crippen molar-refractivity contribution in [1.29, 1.82) is 0 Å². The van der Waals surface area contributed by atoms with E-state index < -0.39 is 5.54 Å². The quantitative estimate of drug-likeness (QED) is 0.780. The molecular weight excluding hydrogens is 252 g/mol. The van der Waals surface area contributed by atoms with Crippen molar-refractivity contribution in [1.82, 2.24) is 10.2 Å². The maximum Gasteiger partial charge on any atom is 0.248 e. The topological polar surface area (TPSA) is 49.4 Å². The molecule has 0 spiro atoms. The fraction of sp³-hybridized carbons (Fsp3) is 0.875. The molecule has 4 heteroatoms. The van der Waals surface area contributed by atoms with Crippen LogP contribution in [0.2, 0.25) is 0 Å². The molecule has 2 amide bonds. The summed E-state index contributed by atoms with van der Waals surface area (Å²) in [7, 11) is 0.